The summed E-state index contributed by atoms with van der Waals surface area (Å²) in [5.74, 6) is 3.85. The Bertz CT molecular complexity index is 405. The highest BCUT2D eigenvalue weighted by atomic mass is 16.3. The lowest BCUT2D eigenvalue weighted by molar-refractivity contribution is 0.101. The number of rotatable bonds is 5. The molecular formula is C14H23N3O. The lowest BCUT2D eigenvalue weighted by Gasteiger charge is -2.19. The van der Waals surface area contributed by atoms with Crippen molar-refractivity contribution in [1.29, 1.82) is 0 Å². The maximum Gasteiger partial charge on any atom is 0.138 e. The van der Waals surface area contributed by atoms with Crippen molar-refractivity contribution in [3.05, 3.63) is 12.2 Å². The van der Waals surface area contributed by atoms with Gasteiger partial charge in [-0.2, -0.15) is 5.10 Å². The van der Waals surface area contributed by atoms with Gasteiger partial charge in [-0.25, -0.2) is 9.67 Å². The first kappa shape index (κ1) is 12.2. The molecule has 1 aromatic rings. The van der Waals surface area contributed by atoms with Crippen LogP contribution in [-0.4, -0.2) is 26.0 Å². The first-order valence-corrected chi connectivity index (χ1v) is 7.18. The van der Waals surface area contributed by atoms with E-state index in [9.17, 15) is 5.11 Å². The van der Waals surface area contributed by atoms with Gasteiger partial charge in [0, 0.05) is 13.0 Å². The van der Waals surface area contributed by atoms with Crippen LogP contribution in [0.15, 0.2) is 6.33 Å². The number of nitrogens with zero attached hydrogens (tertiary/aromatic N) is 3. The molecule has 2 aliphatic rings. The van der Waals surface area contributed by atoms with E-state index < -0.39 is 0 Å². The van der Waals surface area contributed by atoms with Gasteiger partial charge in [-0.1, -0.05) is 13.8 Å². The maximum absolute atomic E-state index is 10.3. The molecule has 0 radical (unpaired) electrons. The van der Waals surface area contributed by atoms with E-state index in [1.165, 1.54) is 19.3 Å². The predicted molar refractivity (Wildman–Crippen MR) is 68.9 cm³/mol. The van der Waals surface area contributed by atoms with E-state index in [1.54, 1.807) is 6.33 Å². The highest BCUT2D eigenvalue weighted by Crippen LogP contribution is 2.55. The molecule has 1 heterocycles. The molecule has 2 fully saturated rings. The summed E-state index contributed by atoms with van der Waals surface area (Å²) in [6.45, 7) is 5.23. The zero-order valence-electron chi connectivity index (χ0n) is 11.3. The molecule has 100 valence electrons. The minimum atomic E-state index is -0.229. The standard InChI is InChI=1S/C14H23N3O/c1-9(2)7-17-14(15-8-16-17)6-13(18)12-4-10-3-11(10)5-12/h8-13,18H,3-7H2,1-2H3. The summed E-state index contributed by atoms with van der Waals surface area (Å²) >= 11 is 0. The van der Waals surface area contributed by atoms with Gasteiger partial charge in [0.1, 0.15) is 12.2 Å². The maximum atomic E-state index is 10.3. The molecule has 1 N–H and O–H groups in total. The van der Waals surface area contributed by atoms with Crippen LogP contribution in [0, 0.1) is 23.7 Å². The van der Waals surface area contributed by atoms with E-state index in [0.717, 1.165) is 24.2 Å². The van der Waals surface area contributed by atoms with Crippen LogP contribution in [0.25, 0.3) is 0 Å². The first-order chi connectivity index (χ1) is 8.63. The molecule has 18 heavy (non-hydrogen) atoms. The third-order valence-electron chi connectivity index (χ3n) is 4.45. The molecule has 4 heteroatoms. The van der Waals surface area contributed by atoms with Crippen LogP contribution >= 0.6 is 0 Å². The Balaban J connectivity index is 1.59. The van der Waals surface area contributed by atoms with Crippen molar-refractivity contribution in [3.63, 3.8) is 0 Å². The third kappa shape index (κ3) is 2.44. The van der Waals surface area contributed by atoms with Gasteiger partial charge in [-0.15, -0.1) is 0 Å². The van der Waals surface area contributed by atoms with Crippen LogP contribution in [0.2, 0.25) is 0 Å². The molecular weight excluding hydrogens is 226 g/mol. The van der Waals surface area contributed by atoms with E-state index in [4.69, 9.17) is 0 Å². The summed E-state index contributed by atoms with van der Waals surface area (Å²) < 4.78 is 1.95. The number of hydrogen-bond acceptors (Lipinski definition) is 3. The van der Waals surface area contributed by atoms with Crippen molar-refractivity contribution in [2.75, 3.05) is 0 Å². The van der Waals surface area contributed by atoms with Crippen LogP contribution in [0.3, 0.4) is 0 Å². The van der Waals surface area contributed by atoms with Crippen molar-refractivity contribution in [2.45, 2.75) is 52.2 Å². The molecule has 3 rings (SSSR count). The highest BCUT2D eigenvalue weighted by Gasteiger charge is 2.47. The smallest absolute Gasteiger partial charge is 0.138 e. The van der Waals surface area contributed by atoms with E-state index in [2.05, 4.69) is 23.9 Å². The number of aliphatic hydroxyl groups excluding tert-OH is 1. The number of fused-ring (bicyclic) bond motifs is 1. The van der Waals surface area contributed by atoms with Gasteiger partial charge < -0.3 is 5.11 Å². The molecule has 0 saturated heterocycles. The SMILES string of the molecule is CC(C)Cn1ncnc1CC(O)C1CC2CC2C1. The fourth-order valence-corrected chi connectivity index (χ4v) is 3.37. The first-order valence-electron chi connectivity index (χ1n) is 7.18. The summed E-state index contributed by atoms with van der Waals surface area (Å²) in [6, 6.07) is 0. The molecule has 0 amide bonds. The second-order valence-corrected chi connectivity index (χ2v) is 6.51. The van der Waals surface area contributed by atoms with Crippen molar-refractivity contribution in [2.24, 2.45) is 23.7 Å². The average Bonchev–Trinajstić information content (AvgIpc) is 2.73. The van der Waals surface area contributed by atoms with Gasteiger partial charge in [-0.3, -0.25) is 0 Å². The third-order valence-corrected chi connectivity index (χ3v) is 4.45. The second-order valence-electron chi connectivity index (χ2n) is 6.51. The van der Waals surface area contributed by atoms with E-state index >= 15 is 0 Å². The van der Waals surface area contributed by atoms with Gasteiger partial charge >= 0.3 is 0 Å². The summed E-state index contributed by atoms with van der Waals surface area (Å²) in [7, 11) is 0. The Morgan fingerprint density at radius 1 is 1.33 bits per heavy atom. The van der Waals surface area contributed by atoms with Crippen LogP contribution in [-0.2, 0) is 13.0 Å². The Kier molecular flexibility index (Phi) is 3.14. The summed E-state index contributed by atoms with van der Waals surface area (Å²) in [4.78, 5) is 4.30. The monoisotopic (exact) mass is 249 g/mol. The molecule has 1 aromatic heterocycles. The van der Waals surface area contributed by atoms with Crippen LogP contribution < -0.4 is 0 Å². The lowest BCUT2D eigenvalue weighted by atomic mass is 9.94. The Hall–Kier alpha value is -0.900. The largest absolute Gasteiger partial charge is 0.392 e. The Morgan fingerprint density at radius 2 is 2.06 bits per heavy atom. The number of aromatic nitrogens is 3. The van der Waals surface area contributed by atoms with Gasteiger partial charge in [0.15, 0.2) is 0 Å². The summed E-state index contributed by atoms with van der Waals surface area (Å²) in [5.41, 5.74) is 0. The van der Waals surface area contributed by atoms with Crippen molar-refractivity contribution in [3.8, 4) is 0 Å². The number of aliphatic hydroxyl groups is 1. The fourth-order valence-electron chi connectivity index (χ4n) is 3.37. The van der Waals surface area contributed by atoms with E-state index in [-0.39, 0.29) is 6.10 Å². The number of hydrogen-bond donors (Lipinski definition) is 1. The zero-order valence-corrected chi connectivity index (χ0v) is 11.3. The van der Waals surface area contributed by atoms with Gasteiger partial charge in [0.2, 0.25) is 0 Å². The summed E-state index contributed by atoms with van der Waals surface area (Å²) in [5, 5.41) is 14.6. The van der Waals surface area contributed by atoms with E-state index in [0.29, 0.717) is 18.3 Å². The molecule has 2 aliphatic carbocycles. The van der Waals surface area contributed by atoms with Gasteiger partial charge in [-0.05, 0) is 42.9 Å². The Morgan fingerprint density at radius 3 is 2.72 bits per heavy atom. The van der Waals surface area contributed by atoms with Crippen LogP contribution in [0.5, 0.6) is 0 Å². The Labute approximate surface area is 108 Å². The lowest BCUT2D eigenvalue weighted by Crippen LogP contribution is -2.24. The molecule has 2 saturated carbocycles. The van der Waals surface area contributed by atoms with Crippen molar-refractivity contribution < 1.29 is 5.11 Å². The van der Waals surface area contributed by atoms with Crippen LogP contribution in [0.4, 0.5) is 0 Å². The van der Waals surface area contributed by atoms with Gasteiger partial charge in [0.25, 0.3) is 0 Å². The molecule has 3 atom stereocenters. The molecule has 0 bridgehead atoms. The van der Waals surface area contributed by atoms with Gasteiger partial charge in [0.05, 0.1) is 6.10 Å². The second kappa shape index (κ2) is 4.65. The normalized spacial score (nSPS) is 31.7. The molecule has 0 aromatic carbocycles. The topological polar surface area (TPSA) is 50.9 Å². The fraction of sp³-hybridized carbons (Fsp3) is 0.857. The summed E-state index contributed by atoms with van der Waals surface area (Å²) in [6.07, 6.45) is 5.90. The molecule has 0 spiro atoms. The quantitative estimate of drug-likeness (QED) is 0.867. The van der Waals surface area contributed by atoms with Crippen LogP contribution in [0.1, 0.15) is 38.9 Å². The minimum absolute atomic E-state index is 0.229. The molecule has 3 unspecified atom stereocenters. The van der Waals surface area contributed by atoms with E-state index in [1.807, 2.05) is 4.68 Å². The van der Waals surface area contributed by atoms with Crippen molar-refractivity contribution >= 4 is 0 Å². The van der Waals surface area contributed by atoms with Crippen molar-refractivity contribution in [1.82, 2.24) is 14.8 Å². The highest BCUT2D eigenvalue weighted by molar-refractivity contribution is 5.00. The zero-order chi connectivity index (χ0) is 12.7. The average molecular weight is 249 g/mol. The predicted octanol–water partition coefficient (Wildman–Crippen LogP) is 1.88. The minimum Gasteiger partial charge on any atom is -0.392 e. The molecule has 4 nitrogen and oxygen atoms in total. The molecule has 0 aliphatic heterocycles.